The zero-order chi connectivity index (χ0) is 25.1. The molecule has 0 aliphatic carbocycles. The third kappa shape index (κ3) is 5.37. The minimum atomic E-state index is -0.573. The van der Waals surface area contributed by atoms with Gasteiger partial charge in [-0.1, -0.05) is 61.3 Å². The van der Waals surface area contributed by atoms with Crippen LogP contribution in [0.15, 0.2) is 72.1 Å². The van der Waals surface area contributed by atoms with Gasteiger partial charge in [0.25, 0.3) is 0 Å². The maximum Gasteiger partial charge on any atom is 0.349 e. The molecule has 1 atom stereocenters. The van der Waals surface area contributed by atoms with E-state index in [-0.39, 0.29) is 23.8 Å². The molecule has 1 unspecified atom stereocenters. The van der Waals surface area contributed by atoms with E-state index in [0.29, 0.717) is 33.0 Å². The van der Waals surface area contributed by atoms with Crippen LogP contribution in [0.1, 0.15) is 42.4 Å². The Bertz CT molecular complexity index is 1340. The number of hydrogen-bond donors (Lipinski definition) is 1. The van der Waals surface area contributed by atoms with Gasteiger partial charge in [-0.3, -0.25) is 0 Å². The molecule has 0 amide bonds. The number of halogens is 2. The van der Waals surface area contributed by atoms with Gasteiger partial charge in [-0.25, -0.2) is 4.79 Å². The van der Waals surface area contributed by atoms with Crippen LogP contribution in [0.4, 0.5) is 0 Å². The van der Waals surface area contributed by atoms with E-state index in [0.717, 1.165) is 5.56 Å². The normalized spacial score (nSPS) is 14.7. The molecular formula is C27H22Cl2N2O4. The van der Waals surface area contributed by atoms with Crippen molar-refractivity contribution in [3.05, 3.63) is 98.9 Å². The molecule has 0 saturated heterocycles. The van der Waals surface area contributed by atoms with Crippen molar-refractivity contribution in [2.75, 3.05) is 6.61 Å². The summed E-state index contributed by atoms with van der Waals surface area (Å²) < 4.78 is 16.6. The van der Waals surface area contributed by atoms with Gasteiger partial charge in [0, 0.05) is 11.6 Å². The first kappa shape index (κ1) is 24.5. The molecule has 3 aromatic carbocycles. The molecule has 178 valence electrons. The van der Waals surface area contributed by atoms with E-state index >= 15 is 0 Å². The van der Waals surface area contributed by atoms with Crippen molar-refractivity contribution in [1.29, 1.82) is 5.26 Å². The van der Waals surface area contributed by atoms with Gasteiger partial charge in [-0.15, -0.1) is 0 Å². The summed E-state index contributed by atoms with van der Waals surface area (Å²) in [6, 6.07) is 19.7. The highest BCUT2D eigenvalue weighted by molar-refractivity contribution is 6.42. The first-order valence-electron chi connectivity index (χ1n) is 10.9. The molecule has 35 heavy (non-hydrogen) atoms. The Hall–Kier alpha value is -3.66. The van der Waals surface area contributed by atoms with E-state index in [9.17, 15) is 10.1 Å². The number of nitriles is 1. The van der Waals surface area contributed by atoms with Gasteiger partial charge in [0.05, 0.1) is 16.0 Å². The van der Waals surface area contributed by atoms with Crippen molar-refractivity contribution in [1.82, 2.24) is 0 Å². The van der Waals surface area contributed by atoms with Crippen LogP contribution in [0.25, 0.3) is 0 Å². The Morgan fingerprint density at radius 3 is 2.43 bits per heavy atom. The fourth-order valence-corrected chi connectivity index (χ4v) is 4.09. The molecule has 4 rings (SSSR count). The summed E-state index contributed by atoms with van der Waals surface area (Å²) in [4.78, 5) is 12.4. The van der Waals surface area contributed by atoms with Gasteiger partial charge in [0.1, 0.15) is 28.9 Å². The van der Waals surface area contributed by atoms with Crippen LogP contribution < -0.4 is 19.9 Å². The summed E-state index contributed by atoms with van der Waals surface area (Å²) in [5.41, 5.74) is 8.87. The Kier molecular flexibility index (Phi) is 7.20. The zero-order valence-corrected chi connectivity index (χ0v) is 20.6. The first-order chi connectivity index (χ1) is 16.8. The summed E-state index contributed by atoms with van der Waals surface area (Å²) in [5, 5.41) is 10.5. The van der Waals surface area contributed by atoms with Gasteiger partial charge in [-0.05, 0) is 47.4 Å². The minimum absolute atomic E-state index is 0.0345. The Morgan fingerprint density at radius 1 is 1.06 bits per heavy atom. The quantitative estimate of drug-likeness (QED) is 0.309. The average Bonchev–Trinajstić information content (AvgIpc) is 2.83. The molecule has 0 saturated carbocycles. The van der Waals surface area contributed by atoms with Gasteiger partial charge < -0.3 is 19.9 Å². The summed E-state index contributed by atoms with van der Waals surface area (Å²) in [7, 11) is 0. The van der Waals surface area contributed by atoms with Crippen LogP contribution in [0.5, 0.6) is 17.2 Å². The van der Waals surface area contributed by atoms with E-state index in [1.807, 2.05) is 24.3 Å². The number of benzene rings is 3. The number of carbonyl (C=O) groups excluding carboxylic acids is 1. The lowest BCUT2D eigenvalue weighted by atomic mass is 9.83. The molecule has 1 aliphatic rings. The highest BCUT2D eigenvalue weighted by atomic mass is 35.5. The standard InChI is InChI=1S/C27H22Cl2N2O4/c1-15(2)16-3-6-18(7-4-16)33-14-25(32)34-19-8-9-20-24(12-19)35-27(31)21(13-30)26(20)17-5-10-22(28)23(29)11-17/h3-12,15,26H,14,31H2,1-2H3. The van der Waals surface area contributed by atoms with E-state index in [1.165, 1.54) is 5.56 Å². The Morgan fingerprint density at radius 2 is 1.77 bits per heavy atom. The molecule has 1 heterocycles. The zero-order valence-electron chi connectivity index (χ0n) is 19.0. The second-order valence-electron chi connectivity index (χ2n) is 8.28. The van der Waals surface area contributed by atoms with E-state index in [4.69, 9.17) is 43.1 Å². The maximum absolute atomic E-state index is 12.4. The van der Waals surface area contributed by atoms with Crippen LogP contribution in [-0.4, -0.2) is 12.6 Å². The van der Waals surface area contributed by atoms with E-state index < -0.39 is 11.9 Å². The van der Waals surface area contributed by atoms with Crippen LogP contribution in [0.3, 0.4) is 0 Å². The van der Waals surface area contributed by atoms with Gasteiger partial charge in [0.15, 0.2) is 6.61 Å². The van der Waals surface area contributed by atoms with Crippen LogP contribution in [0, 0.1) is 11.3 Å². The number of esters is 1. The SMILES string of the molecule is CC(C)c1ccc(OCC(=O)Oc2ccc3c(c2)OC(N)=C(C#N)C3c2ccc(Cl)c(Cl)c2)cc1. The summed E-state index contributed by atoms with van der Waals surface area (Å²) in [6.45, 7) is 3.95. The van der Waals surface area contributed by atoms with E-state index in [1.54, 1.807) is 36.4 Å². The largest absolute Gasteiger partial charge is 0.482 e. The van der Waals surface area contributed by atoms with Crippen molar-refractivity contribution in [2.45, 2.75) is 25.7 Å². The number of rotatable bonds is 6. The molecule has 0 bridgehead atoms. The summed E-state index contributed by atoms with van der Waals surface area (Å²) in [5.74, 6) is 0.488. The third-order valence-electron chi connectivity index (χ3n) is 5.60. The molecule has 6 nitrogen and oxygen atoms in total. The second kappa shape index (κ2) is 10.3. The average molecular weight is 509 g/mol. The molecule has 0 fully saturated rings. The smallest absolute Gasteiger partial charge is 0.349 e. The topological polar surface area (TPSA) is 94.6 Å². The lowest BCUT2D eigenvalue weighted by Gasteiger charge is -2.27. The molecule has 0 aromatic heterocycles. The molecule has 3 aromatic rings. The number of nitrogens with zero attached hydrogens (tertiary/aromatic N) is 1. The fraction of sp³-hybridized carbons (Fsp3) is 0.185. The van der Waals surface area contributed by atoms with Crippen molar-refractivity contribution in [3.63, 3.8) is 0 Å². The maximum atomic E-state index is 12.4. The summed E-state index contributed by atoms with van der Waals surface area (Å²) in [6.07, 6.45) is 0. The van der Waals surface area contributed by atoms with Crippen LogP contribution in [-0.2, 0) is 4.79 Å². The molecule has 0 spiro atoms. The predicted molar refractivity (Wildman–Crippen MR) is 134 cm³/mol. The minimum Gasteiger partial charge on any atom is -0.482 e. The highest BCUT2D eigenvalue weighted by Gasteiger charge is 2.31. The first-order valence-corrected chi connectivity index (χ1v) is 11.6. The fourth-order valence-electron chi connectivity index (χ4n) is 3.79. The monoisotopic (exact) mass is 508 g/mol. The second-order valence-corrected chi connectivity index (χ2v) is 9.10. The van der Waals surface area contributed by atoms with Crippen molar-refractivity contribution in [3.8, 4) is 23.3 Å². The van der Waals surface area contributed by atoms with Crippen LogP contribution in [0.2, 0.25) is 10.0 Å². The van der Waals surface area contributed by atoms with Crippen molar-refractivity contribution in [2.24, 2.45) is 5.73 Å². The molecule has 2 N–H and O–H groups in total. The predicted octanol–water partition coefficient (Wildman–Crippen LogP) is 6.32. The molecule has 8 heteroatoms. The van der Waals surface area contributed by atoms with Crippen molar-refractivity contribution < 1.29 is 19.0 Å². The number of hydrogen-bond acceptors (Lipinski definition) is 6. The molecular weight excluding hydrogens is 487 g/mol. The third-order valence-corrected chi connectivity index (χ3v) is 6.34. The van der Waals surface area contributed by atoms with E-state index in [2.05, 4.69) is 19.9 Å². The van der Waals surface area contributed by atoms with Gasteiger partial charge in [0.2, 0.25) is 5.88 Å². The van der Waals surface area contributed by atoms with Crippen LogP contribution >= 0.6 is 23.2 Å². The Balaban J connectivity index is 1.51. The Labute approximate surface area is 213 Å². The highest BCUT2D eigenvalue weighted by Crippen LogP contribution is 2.44. The number of nitrogens with two attached hydrogens (primary N) is 1. The number of allylic oxidation sites excluding steroid dienone is 1. The van der Waals surface area contributed by atoms with Crippen molar-refractivity contribution >= 4 is 29.2 Å². The lowest BCUT2D eigenvalue weighted by Crippen LogP contribution is -2.21. The van der Waals surface area contributed by atoms with Gasteiger partial charge in [-0.2, -0.15) is 5.26 Å². The number of ether oxygens (including phenoxy) is 3. The van der Waals surface area contributed by atoms with Gasteiger partial charge >= 0.3 is 5.97 Å². The number of carbonyl (C=O) groups is 1. The molecule has 0 radical (unpaired) electrons. The number of fused-ring (bicyclic) bond motifs is 1. The summed E-state index contributed by atoms with van der Waals surface area (Å²) >= 11 is 12.3. The lowest BCUT2D eigenvalue weighted by molar-refractivity contribution is -0.136. The molecule has 1 aliphatic heterocycles.